The molecule has 2 saturated carbocycles. The Morgan fingerprint density at radius 3 is 2.41 bits per heavy atom. The molecule has 1 heteroatoms. The van der Waals surface area contributed by atoms with Crippen molar-refractivity contribution in [1.29, 1.82) is 0 Å². The van der Waals surface area contributed by atoms with E-state index in [9.17, 15) is 0 Å². The Bertz CT molecular complexity index is 1330. The number of hydrogen-bond acceptors (Lipinski definition) is 0. The predicted octanol–water partition coefficient (Wildman–Crippen LogP) is 9.40. The van der Waals surface area contributed by atoms with Crippen molar-refractivity contribution in [2.24, 2.45) is 23.7 Å². The van der Waals surface area contributed by atoms with Crippen LogP contribution in [0.5, 0.6) is 0 Å². The molecule has 0 heterocycles. The Hall–Kier alpha value is -2.05. The summed E-state index contributed by atoms with van der Waals surface area (Å²) in [4.78, 5) is 0. The van der Waals surface area contributed by atoms with Crippen molar-refractivity contribution < 1.29 is 0 Å². The normalized spacial score (nSPS) is 31.7. The second-order valence-corrected chi connectivity index (χ2v) is 12.7. The van der Waals surface area contributed by atoms with Crippen molar-refractivity contribution in [3.05, 3.63) is 81.9 Å². The van der Waals surface area contributed by atoms with E-state index in [0.717, 1.165) is 16.9 Å². The lowest BCUT2D eigenvalue weighted by Crippen LogP contribution is -2.49. The van der Waals surface area contributed by atoms with E-state index in [1.165, 1.54) is 71.0 Å². The molecule has 4 aliphatic carbocycles. The van der Waals surface area contributed by atoms with Gasteiger partial charge >= 0.3 is 0 Å². The minimum absolute atomic E-state index is 0.0126. The molecule has 2 bridgehead atoms. The second-order valence-electron chi connectivity index (χ2n) is 12.3. The molecule has 0 saturated heterocycles. The Kier molecular flexibility index (Phi) is 4.38. The van der Waals surface area contributed by atoms with Crippen LogP contribution in [0, 0.1) is 23.7 Å². The van der Waals surface area contributed by atoms with Crippen molar-refractivity contribution in [2.45, 2.75) is 70.6 Å². The van der Waals surface area contributed by atoms with Crippen molar-refractivity contribution >= 4 is 11.6 Å². The summed E-state index contributed by atoms with van der Waals surface area (Å²) in [7, 11) is 0. The SMILES string of the molecule is CCC1CC2CC(C)C3(c4ccc5c(c4-c4cccc(Cl)c43)C(C)(C)c3ccccc3-5)C(C1)C2. The summed E-state index contributed by atoms with van der Waals surface area (Å²) in [6, 6.07) is 20.8. The van der Waals surface area contributed by atoms with Crippen LogP contribution in [0.25, 0.3) is 22.3 Å². The van der Waals surface area contributed by atoms with E-state index in [1.54, 1.807) is 5.56 Å². The highest BCUT2D eigenvalue weighted by atomic mass is 35.5. The molecule has 5 unspecified atom stereocenters. The molecule has 0 nitrogen and oxygen atoms in total. The third kappa shape index (κ3) is 2.42. The number of benzene rings is 3. The molecule has 1 spiro atoms. The zero-order chi connectivity index (χ0) is 23.4. The Morgan fingerprint density at radius 1 is 0.794 bits per heavy atom. The van der Waals surface area contributed by atoms with Crippen molar-refractivity contribution in [1.82, 2.24) is 0 Å². The molecular formula is C33H35Cl. The van der Waals surface area contributed by atoms with E-state index in [0.29, 0.717) is 11.8 Å². The lowest BCUT2D eigenvalue weighted by atomic mass is 9.49. The summed E-state index contributed by atoms with van der Waals surface area (Å²) >= 11 is 7.21. The molecule has 3 aromatic rings. The standard InChI is InChI=1S/C33H35Cl/c1-5-20-16-21-15-19(2)33(22(17-20)18-21)27-14-13-24-23-9-6-7-11-26(23)32(3,4)31(24)29(27)25-10-8-12-28(34)30(25)33/h6-14,19-22H,5,15-18H2,1-4H3. The summed E-state index contributed by atoms with van der Waals surface area (Å²) in [6.07, 6.45) is 6.79. The Morgan fingerprint density at radius 2 is 1.59 bits per heavy atom. The number of hydrogen-bond donors (Lipinski definition) is 0. The molecule has 0 N–H and O–H groups in total. The van der Waals surface area contributed by atoms with Gasteiger partial charge in [-0.3, -0.25) is 0 Å². The summed E-state index contributed by atoms with van der Waals surface area (Å²) in [5.74, 6) is 3.04. The first-order valence-electron chi connectivity index (χ1n) is 13.5. The van der Waals surface area contributed by atoms with Gasteiger partial charge < -0.3 is 0 Å². The number of rotatable bonds is 1. The molecule has 2 fully saturated rings. The predicted molar refractivity (Wildman–Crippen MR) is 144 cm³/mol. The minimum atomic E-state index is -0.0126. The Balaban J connectivity index is 1.57. The zero-order valence-corrected chi connectivity index (χ0v) is 21.7. The van der Waals surface area contributed by atoms with Crippen LogP contribution in [0.4, 0.5) is 0 Å². The van der Waals surface area contributed by atoms with E-state index >= 15 is 0 Å². The maximum atomic E-state index is 7.21. The lowest BCUT2D eigenvalue weighted by molar-refractivity contribution is 0.0368. The first kappa shape index (κ1) is 21.3. The van der Waals surface area contributed by atoms with Crippen LogP contribution in [-0.2, 0) is 10.8 Å². The summed E-state index contributed by atoms with van der Waals surface area (Å²) in [5, 5.41) is 0.986. The van der Waals surface area contributed by atoms with Crippen LogP contribution < -0.4 is 0 Å². The topological polar surface area (TPSA) is 0 Å². The van der Waals surface area contributed by atoms with E-state index in [-0.39, 0.29) is 10.8 Å². The second kappa shape index (κ2) is 7.01. The van der Waals surface area contributed by atoms with Crippen LogP contribution in [0.15, 0.2) is 54.6 Å². The van der Waals surface area contributed by atoms with Gasteiger partial charge in [-0.05, 0) is 99.9 Å². The fourth-order valence-corrected chi connectivity index (χ4v) is 9.60. The van der Waals surface area contributed by atoms with Crippen LogP contribution in [0.2, 0.25) is 5.02 Å². The van der Waals surface area contributed by atoms with Gasteiger partial charge in [-0.1, -0.05) is 94.2 Å². The highest BCUT2D eigenvalue weighted by molar-refractivity contribution is 6.32. The maximum absolute atomic E-state index is 7.21. The smallest absolute Gasteiger partial charge is 0.0453 e. The van der Waals surface area contributed by atoms with Gasteiger partial charge in [-0.2, -0.15) is 0 Å². The van der Waals surface area contributed by atoms with Crippen molar-refractivity contribution in [3.8, 4) is 22.3 Å². The third-order valence-corrected chi connectivity index (χ3v) is 10.8. The fraction of sp³-hybridized carbons (Fsp3) is 0.455. The first-order chi connectivity index (χ1) is 16.4. The van der Waals surface area contributed by atoms with Crippen LogP contribution in [0.3, 0.4) is 0 Å². The monoisotopic (exact) mass is 466 g/mol. The fourth-order valence-electron chi connectivity index (χ4n) is 9.27. The van der Waals surface area contributed by atoms with Crippen molar-refractivity contribution in [2.75, 3.05) is 0 Å². The minimum Gasteiger partial charge on any atom is -0.0840 e. The Labute approximate surface area is 209 Å². The highest BCUT2D eigenvalue weighted by Crippen LogP contribution is 2.68. The molecule has 0 aliphatic heterocycles. The van der Waals surface area contributed by atoms with Gasteiger partial charge in [-0.25, -0.2) is 0 Å². The van der Waals surface area contributed by atoms with E-state index < -0.39 is 0 Å². The van der Waals surface area contributed by atoms with Gasteiger partial charge in [0.15, 0.2) is 0 Å². The average molecular weight is 467 g/mol. The molecule has 0 aromatic heterocycles. The molecule has 5 atom stereocenters. The molecule has 7 rings (SSSR count). The summed E-state index contributed by atoms with van der Waals surface area (Å²) in [5.41, 5.74) is 11.8. The van der Waals surface area contributed by atoms with Gasteiger partial charge in [0.2, 0.25) is 0 Å². The molecule has 0 radical (unpaired) electrons. The van der Waals surface area contributed by atoms with E-state index in [4.69, 9.17) is 11.6 Å². The van der Waals surface area contributed by atoms with Crippen molar-refractivity contribution in [3.63, 3.8) is 0 Å². The van der Waals surface area contributed by atoms with Crippen LogP contribution in [-0.4, -0.2) is 0 Å². The first-order valence-corrected chi connectivity index (χ1v) is 13.8. The van der Waals surface area contributed by atoms with E-state index in [1.807, 2.05) is 0 Å². The highest BCUT2D eigenvalue weighted by Gasteiger charge is 2.58. The van der Waals surface area contributed by atoms with Gasteiger partial charge in [0, 0.05) is 15.9 Å². The molecular weight excluding hydrogens is 432 g/mol. The van der Waals surface area contributed by atoms with Crippen LogP contribution in [0.1, 0.15) is 82.1 Å². The number of fused-ring (bicyclic) bond motifs is 12. The average Bonchev–Trinajstić information content (AvgIpc) is 3.26. The van der Waals surface area contributed by atoms with E-state index in [2.05, 4.69) is 82.3 Å². The molecule has 4 aliphatic rings. The molecule has 34 heavy (non-hydrogen) atoms. The van der Waals surface area contributed by atoms with Gasteiger partial charge in [-0.15, -0.1) is 0 Å². The number of halogens is 1. The van der Waals surface area contributed by atoms with Gasteiger partial charge in [0.05, 0.1) is 0 Å². The largest absolute Gasteiger partial charge is 0.0840 e. The van der Waals surface area contributed by atoms with Gasteiger partial charge in [0.25, 0.3) is 0 Å². The lowest BCUT2D eigenvalue weighted by Gasteiger charge is -2.55. The summed E-state index contributed by atoms with van der Waals surface area (Å²) < 4.78 is 0. The summed E-state index contributed by atoms with van der Waals surface area (Å²) in [6.45, 7) is 9.81. The quantitative estimate of drug-likeness (QED) is 0.335. The third-order valence-electron chi connectivity index (χ3n) is 10.5. The van der Waals surface area contributed by atoms with Gasteiger partial charge in [0.1, 0.15) is 0 Å². The molecule has 174 valence electrons. The maximum Gasteiger partial charge on any atom is 0.0453 e. The molecule has 3 aromatic carbocycles. The van der Waals surface area contributed by atoms with Crippen LogP contribution >= 0.6 is 11.6 Å². The molecule has 0 amide bonds. The zero-order valence-electron chi connectivity index (χ0n) is 20.9.